The van der Waals surface area contributed by atoms with E-state index in [0.717, 1.165) is 0 Å². The number of rotatable bonds is 3. The van der Waals surface area contributed by atoms with Gasteiger partial charge in [0, 0.05) is 19.3 Å². The van der Waals surface area contributed by atoms with E-state index < -0.39 is 11.0 Å². The lowest BCUT2D eigenvalue weighted by Crippen LogP contribution is -2.57. The van der Waals surface area contributed by atoms with Crippen LogP contribution < -0.4 is 5.32 Å². The van der Waals surface area contributed by atoms with Crippen molar-refractivity contribution in [2.45, 2.75) is 6.04 Å². The Morgan fingerprint density at radius 1 is 1.70 bits per heavy atom. The molecular weight excluding hydrogens is 266 g/mol. The minimum Gasteiger partial charge on any atom is -0.453 e. The molecule has 9 heteroatoms. The molecule has 0 aliphatic carbocycles. The average Bonchev–Trinajstić information content (AvgIpc) is 2.40. The first-order chi connectivity index (χ1) is 9.56. The van der Waals surface area contributed by atoms with E-state index in [0.29, 0.717) is 13.1 Å². The number of hydrogen-bond acceptors (Lipinski definition) is 7. The molecule has 104 valence electrons. The summed E-state index contributed by atoms with van der Waals surface area (Å²) in [6.07, 6.45) is 0.876. The molecule has 0 bridgehead atoms. The summed E-state index contributed by atoms with van der Waals surface area (Å²) in [5.74, 6) is 0.0311. The van der Waals surface area contributed by atoms with Crippen LogP contribution in [0.1, 0.15) is 5.56 Å². The van der Waals surface area contributed by atoms with E-state index in [-0.39, 0.29) is 23.1 Å². The van der Waals surface area contributed by atoms with Gasteiger partial charge in [-0.05, 0) is 6.07 Å². The van der Waals surface area contributed by atoms with Crippen LogP contribution in [0.2, 0.25) is 0 Å². The van der Waals surface area contributed by atoms with E-state index in [2.05, 4.69) is 15.0 Å². The molecule has 1 N–H and O–H groups in total. The Balaban J connectivity index is 2.10. The Morgan fingerprint density at radius 2 is 2.40 bits per heavy atom. The van der Waals surface area contributed by atoms with E-state index in [4.69, 9.17) is 5.26 Å². The first-order valence-electron chi connectivity index (χ1n) is 5.69. The molecule has 2 heterocycles. The number of likely N-dealkylation sites (tertiary alicyclic amines) is 1. The molecular formula is C11H11N5O4. The van der Waals surface area contributed by atoms with Crippen molar-refractivity contribution in [3.05, 3.63) is 27.9 Å². The third-order valence-electron chi connectivity index (χ3n) is 2.88. The molecule has 0 radical (unpaired) electrons. The van der Waals surface area contributed by atoms with Crippen LogP contribution in [0.25, 0.3) is 0 Å². The fraction of sp³-hybridized carbons (Fsp3) is 0.364. The van der Waals surface area contributed by atoms with Crippen LogP contribution in [0.15, 0.2) is 12.3 Å². The SMILES string of the molecule is COC(=O)N1CC(Nc2nccc(C#N)c2[N+](=O)[O-])C1. The third kappa shape index (κ3) is 2.44. The summed E-state index contributed by atoms with van der Waals surface area (Å²) in [4.78, 5) is 26.9. The molecule has 1 amide bonds. The Bertz CT molecular complexity index is 591. The standard InChI is InChI=1S/C11H11N5O4/c1-20-11(17)15-5-8(6-15)14-10-9(16(18)19)7(4-12)2-3-13-10/h2-3,8H,5-6H2,1H3,(H,13,14). The minimum absolute atomic E-state index is 0.0311. The molecule has 1 fully saturated rings. The highest BCUT2D eigenvalue weighted by atomic mass is 16.6. The number of methoxy groups -OCH3 is 1. The second-order valence-electron chi connectivity index (χ2n) is 4.14. The van der Waals surface area contributed by atoms with Crippen LogP contribution in [0, 0.1) is 21.4 Å². The van der Waals surface area contributed by atoms with Gasteiger partial charge in [0.2, 0.25) is 5.82 Å². The van der Waals surface area contributed by atoms with Gasteiger partial charge in [-0.15, -0.1) is 0 Å². The quantitative estimate of drug-likeness (QED) is 0.638. The van der Waals surface area contributed by atoms with Crippen molar-refractivity contribution in [1.82, 2.24) is 9.88 Å². The largest absolute Gasteiger partial charge is 0.453 e. The highest BCUT2D eigenvalue weighted by Crippen LogP contribution is 2.27. The van der Waals surface area contributed by atoms with Crippen LogP contribution in [0.3, 0.4) is 0 Å². The summed E-state index contributed by atoms with van der Waals surface area (Å²) in [7, 11) is 1.28. The summed E-state index contributed by atoms with van der Waals surface area (Å²) in [5, 5.41) is 22.7. The van der Waals surface area contributed by atoms with Gasteiger partial charge in [-0.25, -0.2) is 9.78 Å². The van der Waals surface area contributed by atoms with Crippen LogP contribution in [0.4, 0.5) is 16.3 Å². The lowest BCUT2D eigenvalue weighted by atomic mass is 10.1. The van der Waals surface area contributed by atoms with Crippen LogP contribution in [-0.2, 0) is 4.74 Å². The van der Waals surface area contributed by atoms with E-state index in [1.54, 1.807) is 6.07 Å². The van der Waals surface area contributed by atoms with Crippen molar-refractivity contribution >= 4 is 17.6 Å². The minimum atomic E-state index is -0.648. The van der Waals surface area contributed by atoms with Crippen LogP contribution in [-0.4, -0.2) is 47.1 Å². The molecule has 1 aromatic heterocycles. The fourth-order valence-corrected chi connectivity index (χ4v) is 1.88. The van der Waals surface area contributed by atoms with E-state index >= 15 is 0 Å². The summed E-state index contributed by atoms with van der Waals surface area (Å²) >= 11 is 0. The predicted molar refractivity (Wildman–Crippen MR) is 67.0 cm³/mol. The Morgan fingerprint density at radius 3 is 2.95 bits per heavy atom. The van der Waals surface area contributed by atoms with Gasteiger partial charge in [-0.3, -0.25) is 10.1 Å². The number of aromatic nitrogens is 1. The highest BCUT2D eigenvalue weighted by Gasteiger charge is 2.33. The lowest BCUT2D eigenvalue weighted by Gasteiger charge is -2.38. The number of amides is 1. The van der Waals surface area contributed by atoms with Gasteiger partial charge in [0.15, 0.2) is 0 Å². The average molecular weight is 277 g/mol. The number of hydrogen-bond donors (Lipinski definition) is 1. The third-order valence-corrected chi connectivity index (χ3v) is 2.88. The molecule has 1 aliphatic heterocycles. The summed E-state index contributed by atoms with van der Waals surface area (Å²) in [6, 6.07) is 2.88. The van der Waals surface area contributed by atoms with Gasteiger partial charge in [0.25, 0.3) is 0 Å². The molecule has 1 aliphatic rings. The number of ether oxygens (including phenoxy) is 1. The second kappa shape index (κ2) is 5.40. The van der Waals surface area contributed by atoms with Crippen molar-refractivity contribution in [3.8, 4) is 6.07 Å². The molecule has 0 spiro atoms. The van der Waals surface area contributed by atoms with Crippen molar-refractivity contribution in [2.75, 3.05) is 25.5 Å². The van der Waals surface area contributed by atoms with Gasteiger partial charge in [0.05, 0.1) is 18.1 Å². The van der Waals surface area contributed by atoms with Crippen molar-refractivity contribution in [2.24, 2.45) is 0 Å². The van der Waals surface area contributed by atoms with E-state index in [1.807, 2.05) is 0 Å². The zero-order chi connectivity index (χ0) is 14.7. The zero-order valence-corrected chi connectivity index (χ0v) is 10.6. The number of nitrogens with one attached hydrogen (secondary N) is 1. The maximum Gasteiger partial charge on any atom is 0.409 e. The molecule has 0 unspecified atom stereocenters. The molecule has 0 atom stereocenters. The normalized spacial score (nSPS) is 14.1. The van der Waals surface area contributed by atoms with Gasteiger partial charge < -0.3 is 15.0 Å². The smallest absolute Gasteiger partial charge is 0.409 e. The number of carbonyl (C=O) groups is 1. The first kappa shape index (κ1) is 13.5. The maximum absolute atomic E-state index is 11.2. The Hall–Kier alpha value is -2.89. The van der Waals surface area contributed by atoms with Gasteiger partial charge in [-0.2, -0.15) is 5.26 Å². The van der Waals surface area contributed by atoms with Gasteiger partial charge in [-0.1, -0.05) is 0 Å². The predicted octanol–water partition coefficient (Wildman–Crippen LogP) is 0.724. The monoisotopic (exact) mass is 277 g/mol. The molecule has 2 rings (SSSR count). The molecule has 0 saturated carbocycles. The summed E-state index contributed by atoms with van der Waals surface area (Å²) < 4.78 is 4.54. The van der Waals surface area contributed by atoms with Gasteiger partial charge >= 0.3 is 11.8 Å². The van der Waals surface area contributed by atoms with Crippen molar-refractivity contribution < 1.29 is 14.5 Å². The molecule has 1 aromatic rings. The maximum atomic E-state index is 11.2. The van der Waals surface area contributed by atoms with Crippen molar-refractivity contribution in [1.29, 1.82) is 5.26 Å². The molecule has 0 aromatic carbocycles. The summed E-state index contributed by atoms with van der Waals surface area (Å²) in [6.45, 7) is 0.727. The van der Waals surface area contributed by atoms with Gasteiger partial charge in [0.1, 0.15) is 11.6 Å². The number of nitrogens with zero attached hydrogens (tertiary/aromatic N) is 4. The molecule has 9 nitrogen and oxygen atoms in total. The highest BCUT2D eigenvalue weighted by molar-refractivity contribution is 5.70. The molecule has 20 heavy (non-hydrogen) atoms. The molecule has 1 saturated heterocycles. The topological polar surface area (TPSA) is 121 Å². The lowest BCUT2D eigenvalue weighted by molar-refractivity contribution is -0.384. The fourth-order valence-electron chi connectivity index (χ4n) is 1.88. The second-order valence-corrected chi connectivity index (χ2v) is 4.14. The number of nitriles is 1. The zero-order valence-electron chi connectivity index (χ0n) is 10.6. The Kier molecular flexibility index (Phi) is 3.65. The number of nitro groups is 1. The number of carbonyl (C=O) groups excluding carboxylic acids is 1. The van der Waals surface area contributed by atoms with Crippen LogP contribution in [0.5, 0.6) is 0 Å². The van der Waals surface area contributed by atoms with Crippen LogP contribution >= 0.6 is 0 Å². The first-order valence-corrected chi connectivity index (χ1v) is 5.69. The number of anilines is 1. The van der Waals surface area contributed by atoms with E-state index in [9.17, 15) is 14.9 Å². The Labute approximate surface area is 113 Å². The van der Waals surface area contributed by atoms with E-state index in [1.165, 1.54) is 24.3 Å². The van der Waals surface area contributed by atoms with Crippen molar-refractivity contribution in [3.63, 3.8) is 0 Å². The summed E-state index contributed by atoms with van der Waals surface area (Å²) in [5.41, 5.74) is -0.414. The number of pyridine rings is 1.